The van der Waals surface area contributed by atoms with Crippen molar-refractivity contribution in [3.05, 3.63) is 48.8 Å². The van der Waals surface area contributed by atoms with Crippen molar-refractivity contribution < 1.29 is 9.84 Å². The fraction of sp³-hybridized carbons (Fsp3) is 0.381. The molecule has 0 saturated carbocycles. The molecule has 7 nitrogen and oxygen atoms in total. The number of aliphatic hydroxyl groups is 1. The van der Waals surface area contributed by atoms with Crippen molar-refractivity contribution in [3.8, 4) is 5.88 Å². The molecule has 3 aromatic rings. The standard InChI is InChI=1S/C21H23N5O2/c27-14-16-5-3-11-26(16)20-21(23-10-9-22-20)28-17-12-25(13-17)19-8-7-15-4-1-2-6-18(15)24-19/h1-2,4,6-10,16-17,27H,3,5,11-14H2/t16-/m0/s1. The largest absolute Gasteiger partial charge is 0.468 e. The molecule has 2 aromatic heterocycles. The Morgan fingerprint density at radius 2 is 1.93 bits per heavy atom. The van der Waals surface area contributed by atoms with Gasteiger partial charge in [-0.05, 0) is 31.0 Å². The van der Waals surface area contributed by atoms with E-state index >= 15 is 0 Å². The maximum Gasteiger partial charge on any atom is 0.258 e. The summed E-state index contributed by atoms with van der Waals surface area (Å²) in [5.74, 6) is 2.26. The number of para-hydroxylation sites is 1. The lowest BCUT2D eigenvalue weighted by Gasteiger charge is -2.40. The van der Waals surface area contributed by atoms with Crippen molar-refractivity contribution in [1.29, 1.82) is 0 Å². The fourth-order valence-corrected chi connectivity index (χ4v) is 3.99. The summed E-state index contributed by atoms with van der Waals surface area (Å²) in [5.41, 5.74) is 1.00. The average molecular weight is 377 g/mol. The molecule has 5 rings (SSSR count). The summed E-state index contributed by atoms with van der Waals surface area (Å²) in [6, 6.07) is 12.4. The molecule has 144 valence electrons. The smallest absolute Gasteiger partial charge is 0.258 e. The topological polar surface area (TPSA) is 74.6 Å². The normalized spacial score (nSPS) is 19.8. The number of aromatic nitrogens is 3. The van der Waals surface area contributed by atoms with Gasteiger partial charge in [-0.2, -0.15) is 0 Å². The van der Waals surface area contributed by atoms with E-state index in [9.17, 15) is 5.11 Å². The lowest BCUT2D eigenvalue weighted by molar-refractivity contribution is 0.159. The zero-order chi connectivity index (χ0) is 18.9. The van der Waals surface area contributed by atoms with Crippen molar-refractivity contribution in [2.24, 2.45) is 0 Å². The molecule has 4 heterocycles. The summed E-state index contributed by atoms with van der Waals surface area (Å²) in [4.78, 5) is 18.0. The van der Waals surface area contributed by atoms with Crippen LogP contribution in [0.5, 0.6) is 5.88 Å². The molecular weight excluding hydrogens is 354 g/mol. The van der Waals surface area contributed by atoms with E-state index in [4.69, 9.17) is 9.72 Å². The highest BCUT2D eigenvalue weighted by Gasteiger charge is 2.33. The van der Waals surface area contributed by atoms with Crippen LogP contribution in [0.1, 0.15) is 12.8 Å². The molecule has 0 bridgehead atoms. The molecule has 0 aliphatic carbocycles. The van der Waals surface area contributed by atoms with Gasteiger partial charge in [0.15, 0.2) is 5.82 Å². The van der Waals surface area contributed by atoms with Crippen molar-refractivity contribution in [1.82, 2.24) is 15.0 Å². The first kappa shape index (κ1) is 17.2. The van der Waals surface area contributed by atoms with E-state index in [2.05, 4.69) is 38.0 Å². The Labute approximate surface area is 163 Å². The third-order valence-electron chi connectivity index (χ3n) is 5.54. The Hall–Kier alpha value is -2.93. The number of hydrogen-bond acceptors (Lipinski definition) is 7. The quantitative estimate of drug-likeness (QED) is 0.731. The first-order valence-corrected chi connectivity index (χ1v) is 9.78. The second-order valence-corrected chi connectivity index (χ2v) is 7.36. The maximum atomic E-state index is 9.62. The molecule has 0 unspecified atom stereocenters. The maximum absolute atomic E-state index is 9.62. The van der Waals surface area contributed by atoms with Crippen molar-refractivity contribution >= 4 is 22.5 Å². The van der Waals surface area contributed by atoms with Gasteiger partial charge < -0.3 is 19.6 Å². The number of pyridine rings is 1. The third kappa shape index (κ3) is 3.11. The van der Waals surface area contributed by atoms with Crippen molar-refractivity contribution in [3.63, 3.8) is 0 Å². The van der Waals surface area contributed by atoms with Gasteiger partial charge in [-0.1, -0.05) is 18.2 Å². The Morgan fingerprint density at radius 1 is 1.07 bits per heavy atom. The van der Waals surface area contributed by atoms with E-state index in [1.807, 2.05) is 18.2 Å². The SMILES string of the molecule is OC[C@@H]1CCCN1c1nccnc1OC1CN(c2ccc3ccccc3n2)C1. The van der Waals surface area contributed by atoms with Gasteiger partial charge in [-0.3, -0.25) is 0 Å². The van der Waals surface area contributed by atoms with Crippen LogP contribution < -0.4 is 14.5 Å². The molecule has 2 aliphatic rings. The predicted octanol–water partition coefficient (Wildman–Crippen LogP) is 2.25. The molecule has 0 amide bonds. The summed E-state index contributed by atoms with van der Waals surface area (Å²) in [6.07, 6.45) is 5.41. The lowest BCUT2D eigenvalue weighted by Crippen LogP contribution is -2.54. The summed E-state index contributed by atoms with van der Waals surface area (Å²) >= 11 is 0. The zero-order valence-electron chi connectivity index (χ0n) is 15.6. The molecule has 0 radical (unpaired) electrons. The minimum atomic E-state index is 0.0545. The first-order valence-electron chi connectivity index (χ1n) is 9.78. The van der Waals surface area contributed by atoms with Crippen LogP contribution in [-0.4, -0.2) is 58.4 Å². The van der Waals surface area contributed by atoms with Crippen LogP contribution in [0.25, 0.3) is 10.9 Å². The summed E-state index contributed by atoms with van der Waals surface area (Å²) in [6.45, 7) is 2.54. The summed E-state index contributed by atoms with van der Waals surface area (Å²) in [7, 11) is 0. The van der Waals surface area contributed by atoms with Gasteiger partial charge in [-0.15, -0.1) is 0 Å². The zero-order valence-corrected chi connectivity index (χ0v) is 15.6. The van der Waals surface area contributed by atoms with E-state index in [0.29, 0.717) is 5.88 Å². The number of ether oxygens (including phenoxy) is 1. The fourth-order valence-electron chi connectivity index (χ4n) is 3.99. The Balaban J connectivity index is 1.27. The van der Waals surface area contributed by atoms with E-state index in [1.165, 1.54) is 0 Å². The number of fused-ring (bicyclic) bond motifs is 1. The van der Waals surface area contributed by atoms with Gasteiger partial charge in [-0.25, -0.2) is 15.0 Å². The molecular formula is C21H23N5O2. The second-order valence-electron chi connectivity index (χ2n) is 7.36. The predicted molar refractivity (Wildman–Crippen MR) is 108 cm³/mol. The molecule has 7 heteroatoms. The van der Waals surface area contributed by atoms with E-state index in [0.717, 1.165) is 55.0 Å². The Kier molecular flexibility index (Phi) is 4.44. The summed E-state index contributed by atoms with van der Waals surface area (Å²) < 4.78 is 6.16. The number of hydrogen-bond donors (Lipinski definition) is 1. The van der Waals surface area contributed by atoms with Gasteiger partial charge >= 0.3 is 0 Å². The monoisotopic (exact) mass is 377 g/mol. The molecule has 2 fully saturated rings. The van der Waals surface area contributed by atoms with Crippen LogP contribution in [0.3, 0.4) is 0 Å². The first-order chi connectivity index (χ1) is 13.8. The number of anilines is 2. The van der Waals surface area contributed by atoms with Crippen molar-refractivity contribution in [2.45, 2.75) is 25.0 Å². The van der Waals surface area contributed by atoms with Crippen molar-refractivity contribution in [2.75, 3.05) is 36.0 Å². The number of aliphatic hydroxyl groups excluding tert-OH is 1. The molecule has 1 aromatic carbocycles. The number of nitrogens with zero attached hydrogens (tertiary/aromatic N) is 5. The van der Waals surface area contributed by atoms with E-state index in [-0.39, 0.29) is 18.8 Å². The average Bonchev–Trinajstić information content (AvgIpc) is 3.19. The third-order valence-corrected chi connectivity index (χ3v) is 5.54. The van der Waals surface area contributed by atoms with Crippen LogP contribution in [-0.2, 0) is 0 Å². The number of rotatable bonds is 5. The van der Waals surface area contributed by atoms with Crippen LogP contribution in [0.2, 0.25) is 0 Å². The molecule has 2 saturated heterocycles. The second kappa shape index (κ2) is 7.24. The van der Waals surface area contributed by atoms with Crippen LogP contribution in [0.15, 0.2) is 48.8 Å². The highest BCUT2D eigenvalue weighted by molar-refractivity contribution is 5.80. The highest BCUT2D eigenvalue weighted by atomic mass is 16.5. The van der Waals surface area contributed by atoms with Crippen LogP contribution >= 0.6 is 0 Å². The minimum absolute atomic E-state index is 0.0545. The Morgan fingerprint density at radius 3 is 2.82 bits per heavy atom. The molecule has 0 spiro atoms. The van der Waals surface area contributed by atoms with Gasteiger partial charge in [0.2, 0.25) is 0 Å². The molecule has 28 heavy (non-hydrogen) atoms. The Bertz CT molecular complexity index is 976. The highest BCUT2D eigenvalue weighted by Crippen LogP contribution is 2.32. The van der Waals surface area contributed by atoms with E-state index < -0.39 is 0 Å². The molecule has 1 atom stereocenters. The van der Waals surface area contributed by atoms with Gasteiger partial charge in [0.25, 0.3) is 5.88 Å². The minimum Gasteiger partial charge on any atom is -0.468 e. The van der Waals surface area contributed by atoms with Gasteiger partial charge in [0.1, 0.15) is 11.9 Å². The van der Waals surface area contributed by atoms with E-state index in [1.54, 1.807) is 12.4 Å². The van der Waals surface area contributed by atoms with Gasteiger partial charge in [0.05, 0.1) is 31.3 Å². The molecule has 1 N–H and O–H groups in total. The van der Waals surface area contributed by atoms with Crippen LogP contribution in [0, 0.1) is 0 Å². The van der Waals surface area contributed by atoms with Crippen LogP contribution in [0.4, 0.5) is 11.6 Å². The molecule has 2 aliphatic heterocycles. The van der Waals surface area contributed by atoms with Gasteiger partial charge in [0, 0.05) is 24.3 Å². The number of benzene rings is 1. The lowest BCUT2D eigenvalue weighted by atomic mass is 10.1. The summed E-state index contributed by atoms with van der Waals surface area (Å²) in [5, 5.41) is 10.8.